The number of ether oxygens (including phenoxy) is 1. The number of rotatable bonds is 11. The van der Waals surface area contributed by atoms with E-state index in [4.69, 9.17) is 4.74 Å². The number of carbonyl (C=O) groups excluding carboxylic acids is 3. The highest BCUT2D eigenvalue weighted by Crippen LogP contribution is 2.39. The van der Waals surface area contributed by atoms with Crippen LogP contribution in [0.25, 0.3) is 0 Å². The molecule has 2 atom stereocenters. The largest absolute Gasteiger partial charge is 0.482 e. The van der Waals surface area contributed by atoms with Crippen LogP contribution in [0.2, 0.25) is 0 Å². The molecule has 2 aliphatic rings. The minimum atomic E-state index is -1.57. The molecular formula is C29H39F3N2O6. The maximum absolute atomic E-state index is 14.0. The number of hydrogen-bond acceptors (Lipinski definition) is 5. The summed E-state index contributed by atoms with van der Waals surface area (Å²) in [6.07, 6.45) is 10.3. The van der Waals surface area contributed by atoms with Crippen LogP contribution in [0.3, 0.4) is 0 Å². The van der Waals surface area contributed by atoms with E-state index in [-0.39, 0.29) is 17.4 Å². The highest BCUT2D eigenvalue weighted by Gasteiger charge is 2.33. The first-order valence-corrected chi connectivity index (χ1v) is 14.1. The molecule has 1 aromatic carbocycles. The molecule has 3 N–H and O–H groups in total. The van der Waals surface area contributed by atoms with E-state index in [0.717, 1.165) is 38.5 Å². The molecule has 0 saturated heterocycles. The highest BCUT2D eigenvalue weighted by atomic mass is 19.2. The summed E-state index contributed by atoms with van der Waals surface area (Å²) in [5.41, 5.74) is -0.370. The van der Waals surface area contributed by atoms with Crippen molar-refractivity contribution >= 4 is 23.6 Å². The molecule has 0 heterocycles. The monoisotopic (exact) mass is 568 g/mol. The lowest BCUT2D eigenvalue weighted by atomic mass is 9.73. The summed E-state index contributed by atoms with van der Waals surface area (Å²) in [4.78, 5) is 49.6. The number of ketones is 1. The zero-order valence-electron chi connectivity index (χ0n) is 23.1. The van der Waals surface area contributed by atoms with Crippen molar-refractivity contribution in [2.24, 2.45) is 17.8 Å². The normalized spacial score (nSPS) is 21.5. The lowest BCUT2D eigenvalue weighted by Crippen LogP contribution is -2.52. The summed E-state index contributed by atoms with van der Waals surface area (Å²) in [5.74, 6) is -7.15. The molecule has 0 bridgehead atoms. The van der Waals surface area contributed by atoms with Crippen LogP contribution in [0.5, 0.6) is 5.75 Å². The van der Waals surface area contributed by atoms with Crippen LogP contribution in [0.4, 0.5) is 13.2 Å². The average Bonchev–Trinajstić information content (AvgIpc) is 3.21. The number of Topliss-reactive ketones (excluding diaryl/α,β-unsaturated/α-hetero) is 1. The fraction of sp³-hybridized carbons (Fsp3) is 0.655. The van der Waals surface area contributed by atoms with E-state index in [1.807, 2.05) is 0 Å². The number of hydrogen-bond donors (Lipinski definition) is 3. The third-order valence-electron chi connectivity index (χ3n) is 8.27. The molecule has 1 aromatic rings. The lowest BCUT2D eigenvalue weighted by Gasteiger charge is -2.33. The van der Waals surface area contributed by atoms with Crippen molar-refractivity contribution in [1.29, 1.82) is 0 Å². The molecule has 0 radical (unpaired) electrons. The molecule has 3 rings (SSSR count). The number of carboxylic acids is 1. The molecule has 0 aliphatic heterocycles. The number of benzene rings is 1. The number of aliphatic carboxylic acids is 1. The third-order valence-corrected chi connectivity index (χ3v) is 8.27. The van der Waals surface area contributed by atoms with Gasteiger partial charge in [0.2, 0.25) is 17.6 Å². The highest BCUT2D eigenvalue weighted by molar-refractivity contribution is 5.95. The standard InChI is InChI=1S/C29H39F3N2O6/c1-16-21(30)13-22(31)26(32)27(16)40-15-24(35)23(14-25(36)37)34-28(38)17(2)33-29(39)20-11-9-19(10-12-20)18-7-5-3-4-6-8-18/h13,17-20,23H,3-12,14-15H2,1-2H3,(H,33,39)(H,34,38)(H,36,37)/t17-,19?,20?,23?/m0/s1. The molecule has 8 nitrogen and oxygen atoms in total. The van der Waals surface area contributed by atoms with Crippen LogP contribution in [0, 0.1) is 42.1 Å². The van der Waals surface area contributed by atoms with Crippen LogP contribution in [0.1, 0.15) is 83.1 Å². The van der Waals surface area contributed by atoms with Gasteiger partial charge in [0.25, 0.3) is 0 Å². The summed E-state index contributed by atoms with van der Waals surface area (Å²) in [6.45, 7) is 1.61. The van der Waals surface area contributed by atoms with Crippen molar-refractivity contribution in [3.05, 3.63) is 29.1 Å². The Morgan fingerprint density at radius 2 is 1.52 bits per heavy atom. The van der Waals surface area contributed by atoms with Gasteiger partial charge in [-0.1, -0.05) is 38.5 Å². The molecule has 2 aliphatic carbocycles. The molecule has 222 valence electrons. The summed E-state index contributed by atoms with van der Waals surface area (Å²) >= 11 is 0. The Morgan fingerprint density at radius 1 is 0.925 bits per heavy atom. The Balaban J connectivity index is 1.52. The fourth-order valence-corrected chi connectivity index (χ4v) is 5.83. The quantitative estimate of drug-likeness (QED) is 0.265. The van der Waals surface area contributed by atoms with Crippen LogP contribution in [-0.2, 0) is 19.2 Å². The lowest BCUT2D eigenvalue weighted by molar-refractivity contribution is -0.141. The van der Waals surface area contributed by atoms with Crippen molar-refractivity contribution in [3.8, 4) is 5.75 Å². The number of nitrogens with one attached hydrogen (secondary N) is 2. The van der Waals surface area contributed by atoms with E-state index >= 15 is 0 Å². The zero-order chi connectivity index (χ0) is 29.4. The SMILES string of the molecule is Cc1c(F)cc(F)c(F)c1OCC(=O)C(CC(=O)O)NC(=O)[C@H](C)NC(=O)C1CCC(C2CCCCCC2)CC1. The first-order valence-electron chi connectivity index (χ1n) is 14.1. The van der Waals surface area contributed by atoms with Gasteiger partial charge in [0.15, 0.2) is 17.3 Å². The Morgan fingerprint density at radius 3 is 2.12 bits per heavy atom. The van der Waals surface area contributed by atoms with Gasteiger partial charge in [-0.3, -0.25) is 19.2 Å². The van der Waals surface area contributed by atoms with Gasteiger partial charge in [0.1, 0.15) is 24.5 Å². The predicted molar refractivity (Wildman–Crippen MR) is 140 cm³/mol. The van der Waals surface area contributed by atoms with E-state index in [1.165, 1.54) is 45.4 Å². The molecule has 40 heavy (non-hydrogen) atoms. The van der Waals surface area contributed by atoms with E-state index in [0.29, 0.717) is 12.0 Å². The van der Waals surface area contributed by atoms with Gasteiger partial charge in [-0.2, -0.15) is 4.39 Å². The van der Waals surface area contributed by atoms with Crippen molar-refractivity contribution in [1.82, 2.24) is 10.6 Å². The molecule has 0 aromatic heterocycles. The van der Waals surface area contributed by atoms with E-state index in [1.54, 1.807) is 0 Å². The minimum Gasteiger partial charge on any atom is -0.482 e. The minimum absolute atomic E-state index is 0.216. The molecular weight excluding hydrogens is 529 g/mol. The summed E-state index contributed by atoms with van der Waals surface area (Å²) in [7, 11) is 0. The van der Waals surface area contributed by atoms with Crippen LogP contribution in [-0.4, -0.2) is 47.4 Å². The van der Waals surface area contributed by atoms with Crippen molar-refractivity contribution in [2.45, 2.75) is 96.6 Å². The second kappa shape index (κ2) is 14.5. The summed E-state index contributed by atoms with van der Waals surface area (Å²) in [5, 5.41) is 14.2. The van der Waals surface area contributed by atoms with Crippen LogP contribution in [0.15, 0.2) is 6.07 Å². The van der Waals surface area contributed by atoms with Gasteiger partial charge in [-0.15, -0.1) is 0 Å². The van der Waals surface area contributed by atoms with Crippen molar-refractivity contribution < 1.29 is 42.2 Å². The molecule has 0 spiro atoms. The first-order chi connectivity index (χ1) is 19.0. The second-order valence-electron chi connectivity index (χ2n) is 11.1. The fourth-order valence-electron chi connectivity index (χ4n) is 5.83. The Labute approximate surface area is 232 Å². The number of amides is 2. The number of carboxylic acid groups (broad SMARTS) is 1. The molecule has 2 amide bonds. The second-order valence-corrected chi connectivity index (χ2v) is 11.1. The summed E-state index contributed by atoms with van der Waals surface area (Å²) in [6, 6.07) is -2.28. The Hall–Kier alpha value is -3.11. The first kappa shape index (κ1) is 31.4. The Kier molecular flexibility index (Phi) is 11.4. The number of halogens is 3. The van der Waals surface area contributed by atoms with Gasteiger partial charge < -0.3 is 20.5 Å². The van der Waals surface area contributed by atoms with Gasteiger partial charge in [0, 0.05) is 17.5 Å². The van der Waals surface area contributed by atoms with Gasteiger partial charge in [0.05, 0.1) is 6.42 Å². The van der Waals surface area contributed by atoms with Gasteiger partial charge in [-0.25, -0.2) is 8.78 Å². The van der Waals surface area contributed by atoms with Crippen molar-refractivity contribution in [3.63, 3.8) is 0 Å². The van der Waals surface area contributed by atoms with Crippen LogP contribution < -0.4 is 15.4 Å². The maximum Gasteiger partial charge on any atom is 0.305 e. The van der Waals surface area contributed by atoms with Gasteiger partial charge in [-0.05, 0) is 51.4 Å². The van der Waals surface area contributed by atoms with Crippen molar-refractivity contribution in [2.75, 3.05) is 6.61 Å². The predicted octanol–water partition coefficient (Wildman–Crippen LogP) is 4.60. The maximum atomic E-state index is 14.0. The van der Waals surface area contributed by atoms with E-state index < -0.39 is 66.0 Å². The number of carbonyl (C=O) groups is 4. The molecule has 11 heteroatoms. The van der Waals surface area contributed by atoms with Crippen LogP contribution >= 0.6 is 0 Å². The van der Waals surface area contributed by atoms with E-state index in [9.17, 15) is 37.5 Å². The van der Waals surface area contributed by atoms with Gasteiger partial charge >= 0.3 is 5.97 Å². The third kappa shape index (κ3) is 8.44. The molecule has 1 unspecified atom stereocenters. The topological polar surface area (TPSA) is 122 Å². The smallest absolute Gasteiger partial charge is 0.305 e. The molecule has 2 fully saturated rings. The average molecular weight is 569 g/mol. The summed E-state index contributed by atoms with van der Waals surface area (Å²) < 4.78 is 46.3. The molecule has 2 saturated carbocycles. The zero-order valence-corrected chi connectivity index (χ0v) is 23.1. The van der Waals surface area contributed by atoms with E-state index in [2.05, 4.69) is 10.6 Å². The Bertz CT molecular complexity index is 1060.